The first-order chi connectivity index (χ1) is 8.21. The van der Waals surface area contributed by atoms with Gasteiger partial charge in [0.05, 0.1) is 6.20 Å². The van der Waals surface area contributed by atoms with E-state index in [0.717, 1.165) is 26.0 Å². The Morgan fingerprint density at radius 2 is 2.29 bits per heavy atom. The van der Waals surface area contributed by atoms with Gasteiger partial charge in [0.2, 0.25) is 0 Å². The maximum Gasteiger partial charge on any atom is 0.0537 e. The fraction of sp³-hybridized carbons (Fsp3) is 0.769. The molecule has 0 amide bonds. The van der Waals surface area contributed by atoms with Crippen LogP contribution in [0.1, 0.15) is 38.3 Å². The summed E-state index contributed by atoms with van der Waals surface area (Å²) in [5.74, 6) is 0.548. The number of nitrogens with zero attached hydrogens (tertiary/aromatic N) is 2. The van der Waals surface area contributed by atoms with E-state index in [1.807, 2.05) is 17.9 Å². The second-order valence-electron chi connectivity index (χ2n) is 4.67. The predicted molar refractivity (Wildman–Crippen MR) is 70.0 cm³/mol. The van der Waals surface area contributed by atoms with Crippen LogP contribution in [-0.2, 0) is 11.3 Å². The first-order valence-electron chi connectivity index (χ1n) is 6.39. The second kappa shape index (κ2) is 7.45. The molecule has 98 valence electrons. The van der Waals surface area contributed by atoms with E-state index >= 15 is 0 Å². The first kappa shape index (κ1) is 14.2. The zero-order valence-corrected chi connectivity index (χ0v) is 11.4. The van der Waals surface area contributed by atoms with Crippen LogP contribution in [0.15, 0.2) is 12.4 Å². The summed E-state index contributed by atoms with van der Waals surface area (Å²) in [6, 6.07) is 0.366. The summed E-state index contributed by atoms with van der Waals surface area (Å²) < 4.78 is 7.19. The van der Waals surface area contributed by atoms with Crippen molar-refractivity contribution in [3.8, 4) is 0 Å². The van der Waals surface area contributed by atoms with Crippen LogP contribution in [-0.4, -0.2) is 30.5 Å². The molecule has 0 aromatic carbocycles. The van der Waals surface area contributed by atoms with Gasteiger partial charge in [-0.25, -0.2) is 0 Å². The maximum atomic E-state index is 5.18. The predicted octanol–water partition coefficient (Wildman–Crippen LogP) is 2.23. The molecule has 2 unspecified atom stereocenters. The van der Waals surface area contributed by atoms with Crippen molar-refractivity contribution in [2.24, 2.45) is 5.92 Å². The Morgan fingerprint density at radius 3 is 2.88 bits per heavy atom. The summed E-state index contributed by atoms with van der Waals surface area (Å²) in [5, 5.41) is 7.73. The quantitative estimate of drug-likeness (QED) is 0.756. The highest BCUT2D eigenvalue weighted by Crippen LogP contribution is 2.20. The molecule has 1 aromatic heterocycles. The lowest BCUT2D eigenvalue weighted by Gasteiger charge is -2.18. The molecule has 0 saturated carbocycles. The van der Waals surface area contributed by atoms with Crippen LogP contribution >= 0.6 is 0 Å². The summed E-state index contributed by atoms with van der Waals surface area (Å²) in [7, 11) is 3.76. The Labute approximate surface area is 104 Å². The molecular weight excluding hydrogens is 214 g/mol. The van der Waals surface area contributed by atoms with E-state index < -0.39 is 0 Å². The van der Waals surface area contributed by atoms with Gasteiger partial charge in [-0.1, -0.05) is 13.8 Å². The fourth-order valence-corrected chi connectivity index (χ4v) is 2.09. The molecule has 2 atom stereocenters. The Hall–Kier alpha value is -0.870. The molecule has 1 heterocycles. The molecule has 0 aliphatic heterocycles. The SMILES string of the molecule is CCCn1cc(C(CC(C)COC)NC)cn1. The number of hydrogen-bond acceptors (Lipinski definition) is 3. The topological polar surface area (TPSA) is 39.1 Å². The van der Waals surface area contributed by atoms with Gasteiger partial charge in [0.15, 0.2) is 0 Å². The van der Waals surface area contributed by atoms with E-state index in [-0.39, 0.29) is 0 Å². The number of methoxy groups -OCH3 is 1. The molecular formula is C13H25N3O. The summed E-state index contributed by atoms with van der Waals surface area (Å²) in [4.78, 5) is 0. The van der Waals surface area contributed by atoms with Crippen LogP contribution in [0.3, 0.4) is 0 Å². The molecule has 0 spiro atoms. The molecule has 4 nitrogen and oxygen atoms in total. The molecule has 0 saturated heterocycles. The summed E-state index contributed by atoms with van der Waals surface area (Å²) in [6.07, 6.45) is 6.30. The van der Waals surface area contributed by atoms with E-state index in [1.54, 1.807) is 7.11 Å². The van der Waals surface area contributed by atoms with Crippen LogP contribution in [0, 0.1) is 5.92 Å². The van der Waals surface area contributed by atoms with Crippen molar-refractivity contribution in [2.75, 3.05) is 20.8 Å². The Balaban J connectivity index is 2.58. The van der Waals surface area contributed by atoms with E-state index in [9.17, 15) is 0 Å². The van der Waals surface area contributed by atoms with Gasteiger partial charge in [0.1, 0.15) is 0 Å². The molecule has 1 rings (SSSR count). The van der Waals surface area contributed by atoms with Crippen molar-refractivity contribution in [1.29, 1.82) is 0 Å². The van der Waals surface area contributed by atoms with Gasteiger partial charge in [0.25, 0.3) is 0 Å². The number of aryl methyl sites for hydroxylation is 1. The average molecular weight is 239 g/mol. The Kier molecular flexibility index (Phi) is 6.22. The zero-order valence-electron chi connectivity index (χ0n) is 11.4. The third-order valence-corrected chi connectivity index (χ3v) is 2.95. The van der Waals surface area contributed by atoms with Gasteiger partial charge in [-0.05, 0) is 25.8 Å². The third-order valence-electron chi connectivity index (χ3n) is 2.95. The maximum absolute atomic E-state index is 5.18. The third kappa shape index (κ3) is 4.48. The van der Waals surface area contributed by atoms with Crippen LogP contribution in [0.5, 0.6) is 0 Å². The molecule has 0 radical (unpaired) electrons. The summed E-state index contributed by atoms with van der Waals surface area (Å²) in [5.41, 5.74) is 1.27. The first-order valence-corrected chi connectivity index (χ1v) is 6.39. The van der Waals surface area contributed by atoms with Crippen molar-refractivity contribution in [1.82, 2.24) is 15.1 Å². The van der Waals surface area contributed by atoms with Gasteiger partial charge in [-0.15, -0.1) is 0 Å². The minimum absolute atomic E-state index is 0.366. The minimum atomic E-state index is 0.366. The number of hydrogen-bond donors (Lipinski definition) is 1. The minimum Gasteiger partial charge on any atom is -0.384 e. The number of nitrogens with one attached hydrogen (secondary N) is 1. The van der Waals surface area contributed by atoms with Crippen molar-refractivity contribution < 1.29 is 4.74 Å². The fourth-order valence-electron chi connectivity index (χ4n) is 2.09. The Morgan fingerprint density at radius 1 is 1.53 bits per heavy atom. The van der Waals surface area contributed by atoms with Crippen molar-refractivity contribution in [3.05, 3.63) is 18.0 Å². The standard InChI is InChI=1S/C13H25N3O/c1-5-6-16-9-12(8-15-16)13(14-3)7-11(2)10-17-4/h8-9,11,13-14H,5-7,10H2,1-4H3. The van der Waals surface area contributed by atoms with Gasteiger partial charge in [-0.3, -0.25) is 4.68 Å². The van der Waals surface area contributed by atoms with Crippen LogP contribution in [0.2, 0.25) is 0 Å². The molecule has 1 N–H and O–H groups in total. The van der Waals surface area contributed by atoms with Gasteiger partial charge < -0.3 is 10.1 Å². The van der Waals surface area contributed by atoms with Gasteiger partial charge in [0, 0.05) is 38.1 Å². The lowest BCUT2D eigenvalue weighted by Crippen LogP contribution is -2.20. The molecule has 0 fully saturated rings. The average Bonchev–Trinajstić information content (AvgIpc) is 2.75. The van der Waals surface area contributed by atoms with E-state index in [1.165, 1.54) is 5.56 Å². The van der Waals surface area contributed by atoms with Gasteiger partial charge in [-0.2, -0.15) is 5.10 Å². The van der Waals surface area contributed by atoms with E-state index in [2.05, 4.69) is 30.5 Å². The van der Waals surface area contributed by atoms with E-state index in [0.29, 0.717) is 12.0 Å². The van der Waals surface area contributed by atoms with E-state index in [4.69, 9.17) is 4.74 Å². The zero-order chi connectivity index (χ0) is 12.7. The van der Waals surface area contributed by atoms with Crippen molar-refractivity contribution in [2.45, 2.75) is 39.3 Å². The highest BCUT2D eigenvalue weighted by atomic mass is 16.5. The van der Waals surface area contributed by atoms with Crippen LogP contribution in [0.25, 0.3) is 0 Å². The number of aromatic nitrogens is 2. The van der Waals surface area contributed by atoms with Crippen molar-refractivity contribution >= 4 is 0 Å². The van der Waals surface area contributed by atoms with Crippen molar-refractivity contribution in [3.63, 3.8) is 0 Å². The number of ether oxygens (including phenoxy) is 1. The lowest BCUT2D eigenvalue weighted by atomic mass is 9.99. The normalized spacial score (nSPS) is 14.8. The smallest absolute Gasteiger partial charge is 0.0537 e. The highest BCUT2D eigenvalue weighted by Gasteiger charge is 2.15. The highest BCUT2D eigenvalue weighted by molar-refractivity contribution is 5.10. The van der Waals surface area contributed by atoms with Gasteiger partial charge >= 0.3 is 0 Å². The molecule has 1 aromatic rings. The van der Waals surface area contributed by atoms with Crippen LogP contribution < -0.4 is 5.32 Å². The summed E-state index contributed by atoms with van der Waals surface area (Å²) in [6.45, 7) is 6.17. The second-order valence-corrected chi connectivity index (χ2v) is 4.67. The largest absolute Gasteiger partial charge is 0.384 e. The number of rotatable bonds is 8. The van der Waals surface area contributed by atoms with Crippen LogP contribution in [0.4, 0.5) is 0 Å². The Bertz CT molecular complexity index is 311. The summed E-state index contributed by atoms with van der Waals surface area (Å²) >= 11 is 0. The molecule has 0 bridgehead atoms. The molecule has 17 heavy (non-hydrogen) atoms. The molecule has 4 heteroatoms. The molecule has 0 aliphatic rings. The molecule has 0 aliphatic carbocycles. The lowest BCUT2D eigenvalue weighted by molar-refractivity contribution is 0.150. The monoisotopic (exact) mass is 239 g/mol.